The first-order valence-corrected chi connectivity index (χ1v) is 8.91. The number of nitrogens with one attached hydrogen (secondary N) is 2. The number of rotatable bonds is 4. The number of aromatic hydroxyl groups is 1. The molecule has 6 nitrogen and oxygen atoms in total. The van der Waals surface area contributed by atoms with Crippen LogP contribution in [0.3, 0.4) is 0 Å². The van der Waals surface area contributed by atoms with Gasteiger partial charge in [-0.25, -0.2) is 5.43 Å². The number of amides is 2. The molecular weight excluding hydrogens is 454 g/mol. The molecule has 0 heterocycles. The van der Waals surface area contributed by atoms with Gasteiger partial charge >= 0.3 is 11.8 Å². The van der Waals surface area contributed by atoms with Crippen LogP contribution in [0.4, 0.5) is 5.69 Å². The number of nitrogens with zero attached hydrogens (tertiary/aromatic N) is 1. The van der Waals surface area contributed by atoms with Crippen LogP contribution in [0.2, 0.25) is 0 Å². The highest BCUT2D eigenvalue weighted by Crippen LogP contribution is 2.30. The zero-order chi connectivity index (χ0) is 18.4. The number of para-hydroxylation sites is 1. The van der Waals surface area contributed by atoms with Crippen LogP contribution < -0.4 is 10.7 Å². The molecule has 8 heteroatoms. The number of phenolic OH excluding ortho intramolecular Hbond substituents is 1. The van der Waals surface area contributed by atoms with Crippen molar-refractivity contribution in [3.05, 3.63) is 56.5 Å². The van der Waals surface area contributed by atoms with Gasteiger partial charge in [-0.2, -0.15) is 5.10 Å². The fourth-order valence-corrected chi connectivity index (χ4v) is 3.28. The topological polar surface area (TPSA) is 90.8 Å². The predicted octanol–water partition coefficient (Wildman–Crippen LogP) is 3.57. The van der Waals surface area contributed by atoms with E-state index in [-0.39, 0.29) is 5.75 Å². The fourth-order valence-electron chi connectivity index (χ4n) is 2.03. The number of phenols is 1. The van der Waals surface area contributed by atoms with E-state index < -0.39 is 11.8 Å². The molecule has 0 aliphatic rings. The van der Waals surface area contributed by atoms with E-state index >= 15 is 0 Å². The highest BCUT2D eigenvalue weighted by Gasteiger charge is 2.14. The molecular formula is C17H15Br2N3O3. The van der Waals surface area contributed by atoms with Gasteiger partial charge in [0.1, 0.15) is 5.75 Å². The predicted molar refractivity (Wildman–Crippen MR) is 104 cm³/mol. The van der Waals surface area contributed by atoms with Crippen molar-refractivity contribution in [2.45, 2.75) is 13.3 Å². The summed E-state index contributed by atoms with van der Waals surface area (Å²) in [5, 5.41) is 16.2. The number of anilines is 1. The maximum absolute atomic E-state index is 11.9. The van der Waals surface area contributed by atoms with Crippen LogP contribution in [-0.2, 0) is 16.0 Å². The standard InChI is InChI=1S/C17H15Br2N3O3/c1-2-10-5-3-4-6-14(10)21-16(24)17(25)22-20-9-11-7-12(18)8-13(19)15(11)23/h3-9,23H,2H2,1H3,(H,21,24)(H,22,25)/b20-9+. The lowest BCUT2D eigenvalue weighted by Crippen LogP contribution is -2.32. The molecule has 2 aromatic rings. The molecule has 0 bridgehead atoms. The van der Waals surface area contributed by atoms with Crippen LogP contribution in [0.15, 0.2) is 50.4 Å². The van der Waals surface area contributed by atoms with Crippen molar-refractivity contribution in [3.8, 4) is 5.75 Å². The lowest BCUT2D eigenvalue weighted by atomic mass is 10.1. The Morgan fingerprint density at radius 2 is 1.92 bits per heavy atom. The maximum Gasteiger partial charge on any atom is 0.329 e. The summed E-state index contributed by atoms with van der Waals surface area (Å²) in [5.74, 6) is -1.75. The summed E-state index contributed by atoms with van der Waals surface area (Å²) >= 11 is 6.49. The van der Waals surface area contributed by atoms with Crippen LogP contribution >= 0.6 is 31.9 Å². The van der Waals surface area contributed by atoms with Gasteiger partial charge in [-0.3, -0.25) is 9.59 Å². The molecule has 3 N–H and O–H groups in total. The largest absolute Gasteiger partial charge is 0.506 e. The number of benzene rings is 2. The van der Waals surface area contributed by atoms with E-state index in [1.165, 1.54) is 6.21 Å². The van der Waals surface area contributed by atoms with Crippen molar-refractivity contribution in [1.29, 1.82) is 0 Å². The average Bonchev–Trinajstić information content (AvgIpc) is 2.59. The Hall–Kier alpha value is -2.19. The van der Waals surface area contributed by atoms with Crippen LogP contribution in [-0.4, -0.2) is 23.1 Å². The van der Waals surface area contributed by atoms with Crippen molar-refractivity contribution in [2.24, 2.45) is 5.10 Å². The molecule has 2 amide bonds. The van der Waals surface area contributed by atoms with Crippen molar-refractivity contribution >= 4 is 55.6 Å². The van der Waals surface area contributed by atoms with Gasteiger partial charge in [0, 0.05) is 15.7 Å². The number of hydrogen-bond acceptors (Lipinski definition) is 4. The molecule has 0 unspecified atom stereocenters. The second-order valence-corrected chi connectivity index (χ2v) is 6.76. The summed E-state index contributed by atoms with van der Waals surface area (Å²) in [6, 6.07) is 10.5. The maximum atomic E-state index is 11.9. The summed E-state index contributed by atoms with van der Waals surface area (Å²) in [4.78, 5) is 23.8. The SMILES string of the molecule is CCc1ccccc1NC(=O)C(=O)N/N=C/c1cc(Br)cc(Br)c1O. The lowest BCUT2D eigenvalue weighted by Gasteiger charge is -2.08. The first kappa shape index (κ1) is 19.1. The summed E-state index contributed by atoms with van der Waals surface area (Å²) in [5.41, 5.74) is 4.02. The van der Waals surface area contributed by atoms with E-state index in [2.05, 4.69) is 47.7 Å². The van der Waals surface area contributed by atoms with Crippen molar-refractivity contribution in [3.63, 3.8) is 0 Å². The molecule has 2 aromatic carbocycles. The first-order valence-electron chi connectivity index (χ1n) is 7.32. The minimum Gasteiger partial charge on any atom is -0.506 e. The highest BCUT2D eigenvalue weighted by atomic mass is 79.9. The third kappa shape index (κ3) is 5.14. The number of aryl methyl sites for hydroxylation is 1. The smallest absolute Gasteiger partial charge is 0.329 e. The van der Waals surface area contributed by atoms with Gasteiger partial charge in [-0.15, -0.1) is 0 Å². The highest BCUT2D eigenvalue weighted by molar-refractivity contribution is 9.11. The van der Waals surface area contributed by atoms with E-state index in [4.69, 9.17) is 0 Å². The number of hydrazone groups is 1. The van der Waals surface area contributed by atoms with E-state index in [0.717, 1.165) is 16.5 Å². The molecule has 0 aliphatic heterocycles. The van der Waals surface area contributed by atoms with E-state index in [9.17, 15) is 14.7 Å². The lowest BCUT2D eigenvalue weighted by molar-refractivity contribution is -0.136. The minimum absolute atomic E-state index is 0.0254. The monoisotopic (exact) mass is 467 g/mol. The molecule has 0 saturated heterocycles. The average molecular weight is 469 g/mol. The molecule has 130 valence electrons. The third-order valence-electron chi connectivity index (χ3n) is 3.28. The summed E-state index contributed by atoms with van der Waals surface area (Å²) in [6.45, 7) is 1.96. The van der Waals surface area contributed by atoms with Gasteiger partial charge in [0.25, 0.3) is 0 Å². The zero-order valence-corrected chi connectivity index (χ0v) is 16.4. The molecule has 25 heavy (non-hydrogen) atoms. The van der Waals surface area contributed by atoms with E-state index in [1.807, 2.05) is 19.1 Å². The van der Waals surface area contributed by atoms with Gasteiger partial charge in [-0.05, 0) is 46.1 Å². The van der Waals surface area contributed by atoms with Crippen LogP contribution in [0.5, 0.6) is 5.75 Å². The van der Waals surface area contributed by atoms with E-state index in [0.29, 0.717) is 15.7 Å². The van der Waals surface area contributed by atoms with Gasteiger partial charge < -0.3 is 10.4 Å². The van der Waals surface area contributed by atoms with Crippen LogP contribution in [0.1, 0.15) is 18.1 Å². The van der Waals surface area contributed by atoms with Gasteiger partial charge in [0.05, 0.1) is 10.7 Å². The Morgan fingerprint density at radius 3 is 2.64 bits per heavy atom. The van der Waals surface area contributed by atoms with Gasteiger partial charge in [-0.1, -0.05) is 41.1 Å². The summed E-state index contributed by atoms with van der Waals surface area (Å²) in [7, 11) is 0. The number of carbonyl (C=O) groups is 2. The van der Waals surface area contributed by atoms with Crippen molar-refractivity contribution in [2.75, 3.05) is 5.32 Å². The molecule has 0 aromatic heterocycles. The zero-order valence-electron chi connectivity index (χ0n) is 13.2. The molecule has 0 radical (unpaired) electrons. The Kier molecular flexibility index (Phi) is 6.72. The van der Waals surface area contributed by atoms with Gasteiger partial charge in [0.15, 0.2) is 0 Å². The molecule has 0 aliphatic carbocycles. The van der Waals surface area contributed by atoms with Crippen LogP contribution in [0.25, 0.3) is 0 Å². The molecule has 0 fully saturated rings. The van der Waals surface area contributed by atoms with Gasteiger partial charge in [0.2, 0.25) is 0 Å². The quantitative estimate of drug-likeness (QED) is 0.364. The second kappa shape index (κ2) is 8.77. The Balaban J connectivity index is 2.01. The molecule has 2 rings (SSSR count). The molecule has 0 atom stereocenters. The first-order chi connectivity index (χ1) is 11.9. The number of carbonyl (C=O) groups excluding carboxylic acids is 2. The number of halogens is 2. The fraction of sp³-hybridized carbons (Fsp3) is 0.118. The minimum atomic E-state index is -0.907. The number of hydrogen-bond donors (Lipinski definition) is 3. The third-order valence-corrected chi connectivity index (χ3v) is 4.34. The second-order valence-electron chi connectivity index (χ2n) is 4.99. The molecule has 0 saturated carbocycles. The van der Waals surface area contributed by atoms with E-state index in [1.54, 1.807) is 24.3 Å². The Labute approximate surface area is 161 Å². The van der Waals surface area contributed by atoms with Crippen molar-refractivity contribution < 1.29 is 14.7 Å². The summed E-state index contributed by atoms with van der Waals surface area (Å²) < 4.78 is 1.20. The Bertz CT molecular complexity index is 838. The Morgan fingerprint density at radius 1 is 1.20 bits per heavy atom. The van der Waals surface area contributed by atoms with Crippen LogP contribution in [0, 0.1) is 0 Å². The molecule has 0 spiro atoms. The summed E-state index contributed by atoms with van der Waals surface area (Å²) in [6.07, 6.45) is 1.98. The normalized spacial score (nSPS) is 10.7. The van der Waals surface area contributed by atoms with Crippen molar-refractivity contribution in [1.82, 2.24) is 5.43 Å².